The number of aryl methyl sites for hydroxylation is 1. The molecule has 0 aromatic heterocycles. The van der Waals surface area contributed by atoms with Gasteiger partial charge < -0.3 is 4.74 Å². The fourth-order valence-corrected chi connectivity index (χ4v) is 3.91. The van der Waals surface area contributed by atoms with Crippen LogP contribution in [-0.2, 0) is 11.3 Å². The van der Waals surface area contributed by atoms with Crippen LogP contribution in [0.4, 0.5) is 0 Å². The molecule has 0 saturated carbocycles. The number of amides is 1. The van der Waals surface area contributed by atoms with Crippen molar-refractivity contribution < 1.29 is 9.53 Å². The molecule has 0 radical (unpaired) electrons. The second kappa shape index (κ2) is 9.20. The molecule has 1 amide bonds. The lowest BCUT2D eigenvalue weighted by Gasteiger charge is -2.14. The van der Waals surface area contributed by atoms with E-state index in [2.05, 4.69) is 6.92 Å². The summed E-state index contributed by atoms with van der Waals surface area (Å²) in [5, 5.41) is 0. The Kier molecular flexibility index (Phi) is 6.69. The summed E-state index contributed by atoms with van der Waals surface area (Å²) in [5.41, 5.74) is 3.24. The third-order valence-electron chi connectivity index (χ3n) is 4.28. The first-order valence-electron chi connectivity index (χ1n) is 9.10. The highest BCUT2D eigenvalue weighted by atomic mass is 32.2. The number of nitrogens with zero attached hydrogens (tertiary/aromatic N) is 1. The number of hydrogen-bond donors (Lipinski definition) is 0. The molecule has 3 nitrogen and oxygen atoms in total. The molecule has 1 aliphatic heterocycles. The van der Waals surface area contributed by atoms with Crippen LogP contribution >= 0.6 is 24.0 Å². The van der Waals surface area contributed by atoms with Gasteiger partial charge in [-0.3, -0.25) is 9.69 Å². The number of thiocarbonyl (C=S) groups is 1. The quantitative estimate of drug-likeness (QED) is 0.347. The van der Waals surface area contributed by atoms with E-state index < -0.39 is 0 Å². The maximum atomic E-state index is 12.8. The largest absolute Gasteiger partial charge is 0.494 e. The third-order valence-corrected chi connectivity index (χ3v) is 5.66. The summed E-state index contributed by atoms with van der Waals surface area (Å²) in [7, 11) is 0. The molecule has 0 atom stereocenters. The molecule has 0 aliphatic carbocycles. The Hall–Kier alpha value is -2.11. The standard InChI is InChI=1S/C22H23NO2S2/c1-3-4-13-25-19-11-9-17(10-12-19)14-20-21(24)23(22(26)27-20)15-18-7-5-16(2)6-8-18/h5-12,14H,3-4,13,15H2,1-2H3. The average molecular weight is 398 g/mol. The molecule has 1 heterocycles. The minimum Gasteiger partial charge on any atom is -0.494 e. The molecule has 27 heavy (non-hydrogen) atoms. The topological polar surface area (TPSA) is 29.5 Å². The highest BCUT2D eigenvalue weighted by molar-refractivity contribution is 8.26. The lowest BCUT2D eigenvalue weighted by Crippen LogP contribution is -2.27. The summed E-state index contributed by atoms with van der Waals surface area (Å²) in [6.45, 7) is 5.42. The number of ether oxygens (including phenoxy) is 1. The van der Waals surface area contributed by atoms with E-state index in [4.69, 9.17) is 17.0 Å². The van der Waals surface area contributed by atoms with Crippen molar-refractivity contribution in [3.05, 3.63) is 70.1 Å². The maximum absolute atomic E-state index is 12.8. The Balaban J connectivity index is 1.67. The van der Waals surface area contributed by atoms with E-state index in [1.165, 1.54) is 17.3 Å². The molecule has 0 bridgehead atoms. The van der Waals surface area contributed by atoms with E-state index in [-0.39, 0.29) is 5.91 Å². The van der Waals surface area contributed by atoms with Crippen molar-refractivity contribution in [2.24, 2.45) is 0 Å². The molecule has 1 fully saturated rings. The lowest BCUT2D eigenvalue weighted by molar-refractivity contribution is -0.122. The van der Waals surface area contributed by atoms with E-state index in [1.54, 1.807) is 4.90 Å². The van der Waals surface area contributed by atoms with Gasteiger partial charge in [-0.1, -0.05) is 79.3 Å². The van der Waals surface area contributed by atoms with Crippen LogP contribution in [0.15, 0.2) is 53.4 Å². The minimum absolute atomic E-state index is 0.0335. The number of hydrogen-bond acceptors (Lipinski definition) is 4. The van der Waals surface area contributed by atoms with Crippen LogP contribution in [0.3, 0.4) is 0 Å². The molecule has 3 rings (SSSR count). The van der Waals surface area contributed by atoms with Gasteiger partial charge in [0, 0.05) is 0 Å². The van der Waals surface area contributed by atoms with Gasteiger partial charge in [-0.05, 0) is 42.7 Å². The zero-order chi connectivity index (χ0) is 19.2. The molecule has 2 aromatic rings. The van der Waals surface area contributed by atoms with Crippen LogP contribution in [-0.4, -0.2) is 21.7 Å². The molecule has 0 unspecified atom stereocenters. The summed E-state index contributed by atoms with van der Waals surface area (Å²) in [6.07, 6.45) is 4.05. The van der Waals surface area contributed by atoms with Crippen molar-refractivity contribution in [3.63, 3.8) is 0 Å². The van der Waals surface area contributed by atoms with Gasteiger partial charge in [-0.2, -0.15) is 0 Å². The second-order valence-electron chi connectivity index (χ2n) is 6.52. The monoisotopic (exact) mass is 397 g/mol. The van der Waals surface area contributed by atoms with Crippen LogP contribution in [0.5, 0.6) is 5.75 Å². The fourth-order valence-electron chi connectivity index (χ4n) is 2.66. The van der Waals surface area contributed by atoms with Gasteiger partial charge in [0.25, 0.3) is 5.91 Å². The van der Waals surface area contributed by atoms with Gasteiger partial charge in [-0.15, -0.1) is 0 Å². The predicted molar refractivity (Wildman–Crippen MR) is 117 cm³/mol. The van der Waals surface area contributed by atoms with Crippen molar-refractivity contribution in [1.29, 1.82) is 0 Å². The highest BCUT2D eigenvalue weighted by Gasteiger charge is 2.31. The highest BCUT2D eigenvalue weighted by Crippen LogP contribution is 2.33. The zero-order valence-electron chi connectivity index (χ0n) is 15.6. The summed E-state index contributed by atoms with van der Waals surface area (Å²) in [4.78, 5) is 15.1. The van der Waals surface area contributed by atoms with E-state index >= 15 is 0 Å². The number of carbonyl (C=O) groups is 1. The van der Waals surface area contributed by atoms with Crippen molar-refractivity contribution in [1.82, 2.24) is 4.90 Å². The first-order valence-corrected chi connectivity index (χ1v) is 10.3. The van der Waals surface area contributed by atoms with Gasteiger partial charge in [0.1, 0.15) is 10.1 Å². The van der Waals surface area contributed by atoms with Gasteiger partial charge in [0.05, 0.1) is 18.1 Å². The fraction of sp³-hybridized carbons (Fsp3) is 0.273. The zero-order valence-corrected chi connectivity index (χ0v) is 17.2. The van der Waals surface area contributed by atoms with Crippen molar-refractivity contribution in [2.45, 2.75) is 33.2 Å². The van der Waals surface area contributed by atoms with Crippen LogP contribution in [0, 0.1) is 6.92 Å². The van der Waals surface area contributed by atoms with Crippen LogP contribution in [0.25, 0.3) is 6.08 Å². The molecule has 1 aliphatic rings. The van der Waals surface area contributed by atoms with E-state index in [0.717, 1.165) is 36.3 Å². The van der Waals surface area contributed by atoms with Crippen LogP contribution < -0.4 is 4.74 Å². The summed E-state index contributed by atoms with van der Waals surface area (Å²) in [5.74, 6) is 0.821. The number of rotatable bonds is 7. The average Bonchev–Trinajstić information content (AvgIpc) is 2.92. The molecule has 2 aromatic carbocycles. The van der Waals surface area contributed by atoms with Gasteiger partial charge in [0.15, 0.2) is 0 Å². The summed E-state index contributed by atoms with van der Waals surface area (Å²) >= 11 is 6.78. The Bertz CT molecular complexity index is 842. The second-order valence-corrected chi connectivity index (χ2v) is 8.20. The van der Waals surface area contributed by atoms with Gasteiger partial charge in [-0.25, -0.2) is 0 Å². The molecular weight excluding hydrogens is 374 g/mol. The molecule has 5 heteroatoms. The SMILES string of the molecule is CCCCOc1ccc(C=C2SC(=S)N(Cc3ccc(C)cc3)C2=O)cc1. The Labute approximate surface area is 170 Å². The summed E-state index contributed by atoms with van der Waals surface area (Å²) in [6, 6.07) is 16.0. The van der Waals surface area contributed by atoms with Crippen molar-refractivity contribution in [3.8, 4) is 5.75 Å². The van der Waals surface area contributed by atoms with Gasteiger partial charge in [0.2, 0.25) is 0 Å². The number of carbonyl (C=O) groups excluding carboxylic acids is 1. The molecule has 0 spiro atoms. The molecule has 140 valence electrons. The van der Waals surface area contributed by atoms with Crippen molar-refractivity contribution >= 4 is 40.3 Å². The van der Waals surface area contributed by atoms with Crippen LogP contribution in [0.1, 0.15) is 36.5 Å². The first-order chi connectivity index (χ1) is 13.1. The molecular formula is C22H23NO2S2. The van der Waals surface area contributed by atoms with E-state index in [1.807, 2.05) is 61.5 Å². The van der Waals surface area contributed by atoms with E-state index in [9.17, 15) is 4.79 Å². The molecule has 0 N–H and O–H groups in total. The number of benzene rings is 2. The smallest absolute Gasteiger partial charge is 0.266 e. The van der Waals surface area contributed by atoms with Crippen molar-refractivity contribution in [2.75, 3.05) is 6.61 Å². The normalized spacial score (nSPS) is 15.6. The van der Waals surface area contributed by atoms with Gasteiger partial charge >= 0.3 is 0 Å². The minimum atomic E-state index is -0.0335. The number of thioether (sulfide) groups is 1. The third kappa shape index (κ3) is 5.21. The lowest BCUT2D eigenvalue weighted by atomic mass is 10.1. The Morgan fingerprint density at radius 1 is 1.11 bits per heavy atom. The Morgan fingerprint density at radius 3 is 2.48 bits per heavy atom. The maximum Gasteiger partial charge on any atom is 0.266 e. The predicted octanol–water partition coefficient (Wildman–Crippen LogP) is 5.58. The molecule has 1 saturated heterocycles. The van der Waals surface area contributed by atoms with E-state index in [0.29, 0.717) is 15.8 Å². The first kappa shape index (κ1) is 19.6. The number of unbranched alkanes of at least 4 members (excludes halogenated alkanes) is 1. The Morgan fingerprint density at radius 2 is 1.81 bits per heavy atom. The summed E-state index contributed by atoms with van der Waals surface area (Å²) < 4.78 is 6.28. The van der Waals surface area contributed by atoms with Crippen LogP contribution in [0.2, 0.25) is 0 Å².